The van der Waals surface area contributed by atoms with Gasteiger partial charge in [-0.25, -0.2) is 18.6 Å². The van der Waals surface area contributed by atoms with Crippen LogP contribution in [0.3, 0.4) is 0 Å². The molecule has 0 unspecified atom stereocenters. The molecule has 0 spiro atoms. The number of nitrogens with zero attached hydrogens (tertiary/aromatic N) is 2. The Morgan fingerprint density at radius 2 is 1.68 bits per heavy atom. The second-order valence-electron chi connectivity index (χ2n) is 11.9. The summed E-state index contributed by atoms with van der Waals surface area (Å²) in [5.74, 6) is -7.43. The molecule has 256 valence electrons. The summed E-state index contributed by atoms with van der Waals surface area (Å²) in [6, 6.07) is 11.9. The van der Waals surface area contributed by atoms with E-state index in [0.717, 1.165) is 23.8 Å². The number of carbonyl (C=O) groups excluding carboxylic acids is 3. The van der Waals surface area contributed by atoms with Gasteiger partial charge < -0.3 is 30.8 Å². The van der Waals surface area contributed by atoms with Crippen molar-refractivity contribution in [3.8, 4) is 11.3 Å². The van der Waals surface area contributed by atoms with E-state index in [4.69, 9.17) is 11.5 Å². The number of ether oxygens (including phenoxy) is 1. The van der Waals surface area contributed by atoms with Crippen LogP contribution in [0.5, 0.6) is 0 Å². The number of benzene rings is 2. The Kier molecular flexibility index (Phi) is 11.8. The Bertz CT molecular complexity index is 1560. The highest BCUT2D eigenvalue weighted by Crippen LogP contribution is 2.39. The molecule has 3 atom stereocenters. The fraction of sp³-hybridized carbons (Fsp3) is 0.419. The van der Waals surface area contributed by atoms with Crippen molar-refractivity contribution in [3.63, 3.8) is 0 Å². The monoisotopic (exact) mass is 668 g/mol. The minimum atomic E-state index is -5.47. The SMILES string of the molecule is CC(C)(C)[C@H](c1nc(-c2cc(F)ccc2F)cn1Cc1ccccc1)[C@H](O)C(=O)NCC[C@](N)(OC(=O)C(F)(F)F)C(=O)NCCN. The number of nitrogens with two attached hydrogens (primary N) is 2. The maximum Gasteiger partial charge on any atom is 0.491 e. The Balaban J connectivity index is 1.93. The summed E-state index contributed by atoms with van der Waals surface area (Å²) in [5.41, 5.74) is 8.01. The van der Waals surface area contributed by atoms with Gasteiger partial charge in [0.1, 0.15) is 23.6 Å². The molecule has 3 rings (SSSR count). The lowest BCUT2D eigenvalue weighted by Crippen LogP contribution is -2.60. The number of alkyl halides is 3. The molecule has 2 amide bonds. The first-order chi connectivity index (χ1) is 21.9. The van der Waals surface area contributed by atoms with E-state index in [-0.39, 0.29) is 36.7 Å². The van der Waals surface area contributed by atoms with Gasteiger partial charge in [0.2, 0.25) is 11.6 Å². The number of rotatable bonds is 13. The summed E-state index contributed by atoms with van der Waals surface area (Å²) in [4.78, 5) is 41.9. The molecule has 2 aromatic carbocycles. The number of amides is 2. The molecule has 0 aliphatic carbocycles. The highest BCUT2D eigenvalue weighted by Gasteiger charge is 2.48. The minimum absolute atomic E-state index is 0.0395. The van der Waals surface area contributed by atoms with Crippen LogP contribution >= 0.6 is 0 Å². The van der Waals surface area contributed by atoms with E-state index in [1.54, 1.807) is 43.5 Å². The van der Waals surface area contributed by atoms with E-state index in [0.29, 0.717) is 0 Å². The number of hydrogen-bond donors (Lipinski definition) is 5. The largest absolute Gasteiger partial charge is 0.491 e. The summed E-state index contributed by atoms with van der Waals surface area (Å²) in [6.07, 6.45) is -6.66. The number of nitrogens with one attached hydrogen (secondary N) is 2. The first kappa shape index (κ1) is 37.1. The number of halogens is 5. The number of imidazole rings is 1. The van der Waals surface area contributed by atoms with Crippen LogP contribution < -0.4 is 22.1 Å². The Morgan fingerprint density at radius 1 is 1.02 bits per heavy atom. The molecule has 3 aromatic rings. The van der Waals surface area contributed by atoms with E-state index in [1.165, 1.54) is 6.20 Å². The molecular weight excluding hydrogens is 631 g/mol. The Morgan fingerprint density at radius 3 is 2.28 bits per heavy atom. The van der Waals surface area contributed by atoms with Crippen LogP contribution in [0.2, 0.25) is 0 Å². The molecule has 11 nitrogen and oxygen atoms in total. The fourth-order valence-electron chi connectivity index (χ4n) is 4.81. The molecule has 0 aliphatic heterocycles. The minimum Gasteiger partial charge on any atom is -0.428 e. The zero-order valence-electron chi connectivity index (χ0n) is 25.9. The Hall–Kier alpha value is -4.41. The summed E-state index contributed by atoms with van der Waals surface area (Å²) < 4.78 is 73.5. The lowest BCUT2D eigenvalue weighted by Gasteiger charge is -2.34. The molecule has 1 heterocycles. The number of esters is 1. The average Bonchev–Trinajstić information content (AvgIpc) is 3.38. The van der Waals surface area contributed by atoms with Gasteiger partial charge in [0.25, 0.3) is 5.91 Å². The number of aliphatic hydroxyl groups is 1. The number of carbonyl (C=O) groups is 3. The molecule has 0 radical (unpaired) electrons. The summed E-state index contributed by atoms with van der Waals surface area (Å²) in [7, 11) is 0. The topological polar surface area (TPSA) is 175 Å². The third-order valence-electron chi connectivity index (χ3n) is 7.12. The molecule has 0 saturated carbocycles. The standard InChI is InChI=1S/C31H37F5N6O5/c1-29(2,3)23(24(43)26(44)39-13-11-30(38,27(45)40-14-12-37)47-28(46)31(34,35)36)25-41-22(20-15-19(32)9-10-21(20)33)17-42(25)16-18-7-5-4-6-8-18/h4-10,15,17,23-24,43H,11-14,16,37-38H2,1-3H3,(H,39,44)(H,40,45)/t23-,24-,30-/m0/s1. The van der Waals surface area contributed by atoms with Crippen molar-refractivity contribution in [1.29, 1.82) is 0 Å². The van der Waals surface area contributed by atoms with Crippen molar-refractivity contribution in [2.24, 2.45) is 16.9 Å². The highest BCUT2D eigenvalue weighted by molar-refractivity contribution is 5.88. The van der Waals surface area contributed by atoms with Gasteiger partial charge in [-0.05, 0) is 29.2 Å². The van der Waals surface area contributed by atoms with Crippen molar-refractivity contribution >= 4 is 17.8 Å². The molecule has 0 fully saturated rings. The predicted octanol–water partition coefficient (Wildman–Crippen LogP) is 2.71. The van der Waals surface area contributed by atoms with Crippen molar-refractivity contribution in [2.45, 2.75) is 57.7 Å². The molecule has 0 bridgehead atoms. The number of hydrogen-bond acceptors (Lipinski definition) is 8. The highest BCUT2D eigenvalue weighted by atomic mass is 19.4. The molecular formula is C31H37F5N6O5. The van der Waals surface area contributed by atoms with Crippen LogP contribution in [0.15, 0.2) is 54.7 Å². The van der Waals surface area contributed by atoms with E-state index < -0.39 is 71.7 Å². The van der Waals surface area contributed by atoms with Crippen LogP contribution in [-0.4, -0.2) is 70.1 Å². The maximum atomic E-state index is 14.8. The van der Waals surface area contributed by atoms with Crippen molar-refractivity contribution in [2.75, 3.05) is 19.6 Å². The Labute approximate surface area is 267 Å². The van der Waals surface area contributed by atoms with E-state index in [9.17, 15) is 41.4 Å². The smallest absolute Gasteiger partial charge is 0.428 e. The fourth-order valence-corrected chi connectivity index (χ4v) is 4.81. The summed E-state index contributed by atoms with van der Waals surface area (Å²) in [6.45, 7) is 4.41. The van der Waals surface area contributed by atoms with Crippen molar-refractivity contribution in [1.82, 2.24) is 20.2 Å². The van der Waals surface area contributed by atoms with Gasteiger partial charge >= 0.3 is 12.1 Å². The first-order valence-electron chi connectivity index (χ1n) is 14.5. The zero-order valence-corrected chi connectivity index (χ0v) is 25.9. The molecule has 47 heavy (non-hydrogen) atoms. The lowest BCUT2D eigenvalue weighted by atomic mass is 9.76. The van der Waals surface area contributed by atoms with E-state index >= 15 is 0 Å². The van der Waals surface area contributed by atoms with E-state index in [2.05, 4.69) is 20.4 Å². The van der Waals surface area contributed by atoms with Gasteiger partial charge in [-0.3, -0.25) is 15.3 Å². The van der Waals surface area contributed by atoms with Gasteiger partial charge in [0.05, 0.1) is 11.6 Å². The third-order valence-corrected chi connectivity index (χ3v) is 7.12. The maximum absolute atomic E-state index is 14.8. The lowest BCUT2D eigenvalue weighted by molar-refractivity contribution is -0.214. The molecule has 0 aliphatic rings. The van der Waals surface area contributed by atoms with Crippen LogP contribution in [-0.2, 0) is 25.7 Å². The third kappa shape index (κ3) is 9.56. The normalized spacial score (nSPS) is 14.5. The number of aromatic nitrogens is 2. The van der Waals surface area contributed by atoms with Crippen LogP contribution in [0.1, 0.15) is 44.5 Å². The van der Waals surface area contributed by atoms with Gasteiger partial charge in [0.15, 0.2) is 0 Å². The average molecular weight is 669 g/mol. The van der Waals surface area contributed by atoms with Crippen LogP contribution in [0.25, 0.3) is 11.3 Å². The second-order valence-corrected chi connectivity index (χ2v) is 11.9. The van der Waals surface area contributed by atoms with Crippen molar-refractivity contribution < 1.29 is 46.2 Å². The van der Waals surface area contributed by atoms with Gasteiger partial charge in [-0.15, -0.1) is 0 Å². The van der Waals surface area contributed by atoms with Crippen LogP contribution in [0, 0.1) is 17.0 Å². The van der Waals surface area contributed by atoms with Crippen molar-refractivity contribution in [3.05, 3.63) is 77.8 Å². The van der Waals surface area contributed by atoms with E-state index in [1.807, 2.05) is 12.1 Å². The first-order valence-corrected chi connectivity index (χ1v) is 14.5. The van der Waals surface area contributed by atoms with Gasteiger partial charge in [-0.1, -0.05) is 51.1 Å². The number of aliphatic hydroxyl groups excluding tert-OH is 1. The van der Waals surface area contributed by atoms with Gasteiger partial charge in [-0.2, -0.15) is 13.2 Å². The summed E-state index contributed by atoms with van der Waals surface area (Å²) in [5, 5.41) is 15.8. The second kappa shape index (κ2) is 15.0. The van der Waals surface area contributed by atoms with Gasteiger partial charge in [0, 0.05) is 44.4 Å². The molecule has 16 heteroatoms. The zero-order chi connectivity index (χ0) is 35.2. The molecule has 1 aromatic heterocycles. The van der Waals surface area contributed by atoms with Crippen LogP contribution in [0.4, 0.5) is 22.0 Å². The quantitative estimate of drug-likeness (QED) is 0.105. The summed E-state index contributed by atoms with van der Waals surface area (Å²) >= 11 is 0. The molecule has 0 saturated heterocycles. The molecule has 7 N–H and O–H groups in total. The predicted molar refractivity (Wildman–Crippen MR) is 160 cm³/mol.